The van der Waals surface area contributed by atoms with E-state index in [2.05, 4.69) is 0 Å². The van der Waals surface area contributed by atoms with E-state index in [0.717, 1.165) is 13.0 Å². The topological polar surface area (TPSA) is 101 Å². The molecule has 25 heavy (non-hydrogen) atoms. The SMILES string of the molecule is CC1=C(C)C(=O)C(CC(CCCN(C)C)C(C)(O)C(N)=O)=C(C)C1=O. The Bertz CT molecular complexity index is 642. The van der Waals surface area contributed by atoms with E-state index in [1.54, 1.807) is 20.8 Å². The highest BCUT2D eigenvalue weighted by Gasteiger charge is 2.40. The Morgan fingerprint density at radius 2 is 1.64 bits per heavy atom. The van der Waals surface area contributed by atoms with Crippen molar-refractivity contribution in [1.29, 1.82) is 0 Å². The summed E-state index contributed by atoms with van der Waals surface area (Å²) in [5, 5.41) is 10.6. The highest BCUT2D eigenvalue weighted by Crippen LogP contribution is 2.34. The maximum Gasteiger partial charge on any atom is 0.249 e. The van der Waals surface area contributed by atoms with Crippen LogP contribution in [-0.2, 0) is 14.4 Å². The van der Waals surface area contributed by atoms with Crippen molar-refractivity contribution in [1.82, 2.24) is 4.90 Å². The average molecular weight is 350 g/mol. The first kappa shape index (κ1) is 21.3. The minimum absolute atomic E-state index is 0.155. The van der Waals surface area contributed by atoms with Gasteiger partial charge in [0.15, 0.2) is 11.6 Å². The van der Waals surface area contributed by atoms with E-state index in [-0.39, 0.29) is 18.0 Å². The number of hydrogen-bond donors (Lipinski definition) is 2. The molecular formula is C19H30N2O4. The standard InChI is InChI=1S/C19H30N2O4/c1-11-12(2)17(23)15(13(3)16(11)22)10-14(8-7-9-21(5)6)19(4,25)18(20)24/h14,25H,7-10H2,1-6H3,(H2,20,24). The van der Waals surface area contributed by atoms with Gasteiger partial charge in [-0.1, -0.05) is 0 Å². The van der Waals surface area contributed by atoms with Crippen molar-refractivity contribution in [2.24, 2.45) is 11.7 Å². The van der Waals surface area contributed by atoms with Crippen LogP contribution in [0.25, 0.3) is 0 Å². The summed E-state index contributed by atoms with van der Waals surface area (Å²) in [7, 11) is 3.88. The second-order valence-electron chi connectivity index (χ2n) is 7.37. The lowest BCUT2D eigenvalue weighted by Crippen LogP contribution is -2.48. The van der Waals surface area contributed by atoms with Crippen LogP contribution in [0.15, 0.2) is 22.3 Å². The van der Waals surface area contributed by atoms with Crippen LogP contribution in [0.3, 0.4) is 0 Å². The molecule has 0 heterocycles. The van der Waals surface area contributed by atoms with Gasteiger partial charge in [0.05, 0.1) is 0 Å². The van der Waals surface area contributed by atoms with Gasteiger partial charge in [-0.15, -0.1) is 0 Å². The van der Waals surface area contributed by atoms with Crippen LogP contribution in [0.1, 0.15) is 47.0 Å². The number of hydrogen-bond acceptors (Lipinski definition) is 5. The zero-order chi connectivity index (χ0) is 19.5. The van der Waals surface area contributed by atoms with E-state index in [0.29, 0.717) is 28.7 Å². The van der Waals surface area contributed by atoms with Gasteiger partial charge in [-0.05, 0) is 67.6 Å². The summed E-state index contributed by atoms with van der Waals surface area (Å²) in [6, 6.07) is 0. The molecule has 0 aliphatic heterocycles. The monoisotopic (exact) mass is 350 g/mol. The van der Waals surface area contributed by atoms with E-state index in [1.165, 1.54) is 6.92 Å². The number of carbonyl (C=O) groups is 3. The highest BCUT2D eigenvalue weighted by molar-refractivity contribution is 6.24. The second kappa shape index (κ2) is 8.06. The van der Waals surface area contributed by atoms with E-state index in [1.807, 2.05) is 19.0 Å². The van der Waals surface area contributed by atoms with Gasteiger partial charge >= 0.3 is 0 Å². The third-order valence-electron chi connectivity index (χ3n) is 5.21. The number of rotatable bonds is 8. The van der Waals surface area contributed by atoms with Gasteiger partial charge < -0.3 is 15.7 Å². The quantitative estimate of drug-likeness (QED) is 0.644. The Hall–Kier alpha value is -1.79. The first-order chi connectivity index (χ1) is 11.4. The number of aliphatic hydroxyl groups is 1. The van der Waals surface area contributed by atoms with Crippen molar-refractivity contribution in [3.05, 3.63) is 22.3 Å². The van der Waals surface area contributed by atoms with Crippen LogP contribution in [0, 0.1) is 5.92 Å². The summed E-state index contributed by atoms with van der Waals surface area (Å²) >= 11 is 0. The molecule has 1 aliphatic rings. The molecule has 6 heteroatoms. The minimum atomic E-state index is -1.74. The Balaban J connectivity index is 3.14. The molecule has 2 atom stereocenters. The van der Waals surface area contributed by atoms with E-state index >= 15 is 0 Å². The number of nitrogens with two attached hydrogens (primary N) is 1. The fourth-order valence-electron chi connectivity index (χ4n) is 3.08. The molecule has 1 aliphatic carbocycles. The fourth-order valence-corrected chi connectivity index (χ4v) is 3.08. The van der Waals surface area contributed by atoms with Gasteiger partial charge in [-0.2, -0.15) is 0 Å². The zero-order valence-corrected chi connectivity index (χ0v) is 16.1. The predicted molar refractivity (Wildman–Crippen MR) is 96.8 cm³/mol. The van der Waals surface area contributed by atoms with Gasteiger partial charge in [0.1, 0.15) is 5.60 Å². The largest absolute Gasteiger partial charge is 0.380 e. The van der Waals surface area contributed by atoms with Crippen molar-refractivity contribution >= 4 is 17.5 Å². The van der Waals surface area contributed by atoms with Gasteiger partial charge in [0.2, 0.25) is 5.91 Å². The lowest BCUT2D eigenvalue weighted by Gasteiger charge is -2.32. The fraction of sp³-hybridized carbons (Fsp3) is 0.632. The molecular weight excluding hydrogens is 320 g/mol. The van der Waals surface area contributed by atoms with E-state index in [9.17, 15) is 19.5 Å². The molecule has 0 aromatic heterocycles. The van der Waals surface area contributed by atoms with Crippen LogP contribution in [-0.4, -0.2) is 53.7 Å². The molecule has 1 amide bonds. The number of allylic oxidation sites excluding steroid dienone is 4. The molecule has 0 aromatic carbocycles. The average Bonchev–Trinajstić information content (AvgIpc) is 2.52. The number of amides is 1. The van der Waals surface area contributed by atoms with Crippen molar-refractivity contribution in [2.45, 2.75) is 52.6 Å². The Kier molecular flexibility index (Phi) is 6.85. The van der Waals surface area contributed by atoms with Crippen LogP contribution in [0.2, 0.25) is 0 Å². The molecule has 0 spiro atoms. The molecule has 0 saturated carbocycles. The Morgan fingerprint density at radius 3 is 2.12 bits per heavy atom. The minimum Gasteiger partial charge on any atom is -0.380 e. The summed E-state index contributed by atoms with van der Waals surface area (Å²) in [5.41, 5.74) is 5.29. The smallest absolute Gasteiger partial charge is 0.249 e. The summed E-state index contributed by atoms with van der Waals surface area (Å²) in [5.74, 6) is -1.69. The molecule has 0 radical (unpaired) electrons. The third kappa shape index (κ3) is 4.64. The van der Waals surface area contributed by atoms with Crippen LogP contribution in [0.4, 0.5) is 0 Å². The first-order valence-corrected chi connectivity index (χ1v) is 8.54. The van der Waals surface area contributed by atoms with Crippen LogP contribution < -0.4 is 5.73 Å². The van der Waals surface area contributed by atoms with Gasteiger partial charge in [-0.25, -0.2) is 0 Å². The summed E-state index contributed by atoms with van der Waals surface area (Å²) in [6.45, 7) is 7.07. The van der Waals surface area contributed by atoms with E-state index in [4.69, 9.17) is 5.73 Å². The molecule has 1 rings (SSSR count). The first-order valence-electron chi connectivity index (χ1n) is 8.54. The maximum atomic E-state index is 12.6. The van der Waals surface area contributed by atoms with Crippen LogP contribution in [0.5, 0.6) is 0 Å². The molecule has 0 saturated heterocycles. The zero-order valence-electron chi connectivity index (χ0n) is 16.1. The number of Topliss-reactive ketones (excluding diaryl/α,β-unsaturated/α-hetero) is 2. The van der Waals surface area contributed by atoms with Crippen LogP contribution >= 0.6 is 0 Å². The number of primary amides is 1. The van der Waals surface area contributed by atoms with Gasteiger partial charge in [0.25, 0.3) is 0 Å². The number of ketones is 2. The van der Waals surface area contributed by atoms with Crippen molar-refractivity contribution in [2.75, 3.05) is 20.6 Å². The molecule has 140 valence electrons. The summed E-state index contributed by atoms with van der Waals surface area (Å²) in [6.07, 6.45) is 1.42. The van der Waals surface area contributed by atoms with Gasteiger partial charge in [0, 0.05) is 28.2 Å². The number of carbonyl (C=O) groups excluding carboxylic acids is 3. The lowest BCUT2D eigenvalue weighted by atomic mass is 9.75. The molecule has 0 fully saturated rings. The van der Waals surface area contributed by atoms with Crippen molar-refractivity contribution in [3.8, 4) is 0 Å². The third-order valence-corrected chi connectivity index (χ3v) is 5.21. The summed E-state index contributed by atoms with van der Waals surface area (Å²) in [4.78, 5) is 38.7. The molecule has 3 N–H and O–H groups in total. The highest BCUT2D eigenvalue weighted by atomic mass is 16.3. The van der Waals surface area contributed by atoms with E-state index < -0.39 is 17.4 Å². The predicted octanol–water partition coefficient (Wildman–Crippen LogP) is 1.38. The normalized spacial score (nSPS) is 19.5. The lowest BCUT2D eigenvalue weighted by molar-refractivity contribution is -0.140. The second-order valence-corrected chi connectivity index (χ2v) is 7.37. The van der Waals surface area contributed by atoms with Crippen molar-refractivity contribution < 1.29 is 19.5 Å². The van der Waals surface area contributed by atoms with Gasteiger partial charge in [-0.3, -0.25) is 14.4 Å². The summed E-state index contributed by atoms with van der Waals surface area (Å²) < 4.78 is 0. The number of nitrogens with zero attached hydrogens (tertiary/aromatic N) is 1. The Morgan fingerprint density at radius 1 is 1.12 bits per heavy atom. The maximum absolute atomic E-state index is 12.6. The molecule has 6 nitrogen and oxygen atoms in total. The molecule has 0 bridgehead atoms. The Labute approximate surface area is 149 Å². The van der Waals surface area contributed by atoms with Crippen molar-refractivity contribution in [3.63, 3.8) is 0 Å². The molecule has 0 aromatic rings. The molecule has 2 unspecified atom stereocenters.